The number of para-hydroxylation sites is 2. The third-order valence-corrected chi connectivity index (χ3v) is 7.29. The molecule has 2 heterocycles. The van der Waals surface area contributed by atoms with Crippen molar-refractivity contribution < 1.29 is 9.72 Å². The second-order valence-electron chi connectivity index (χ2n) is 9.87. The highest BCUT2D eigenvalue weighted by Crippen LogP contribution is 2.31. The Bertz CT molecular complexity index is 1010. The van der Waals surface area contributed by atoms with Crippen LogP contribution >= 0.6 is 0 Å². The zero-order valence-corrected chi connectivity index (χ0v) is 20.9. The standard InChI is InChI=1S/C27H37N5O3/c1-21-6-5-7-24(20-21)30-18-16-29(17-19-30)13-10-22(2)28-27(33)23-11-14-31(15-12-23)25-8-3-4-9-26(25)32(34)35/h3-9,20,22-23H,10-19H2,1-2H3,(H,28,33). The number of nitro benzene ring substituents is 1. The number of hydrogen-bond acceptors (Lipinski definition) is 6. The lowest BCUT2D eigenvalue weighted by Crippen LogP contribution is -2.48. The molecular formula is C27H37N5O3. The number of nitro groups is 1. The van der Waals surface area contributed by atoms with E-state index in [0.29, 0.717) is 31.6 Å². The van der Waals surface area contributed by atoms with Gasteiger partial charge in [-0.15, -0.1) is 0 Å². The first-order valence-corrected chi connectivity index (χ1v) is 12.7. The van der Waals surface area contributed by atoms with Crippen LogP contribution in [0.5, 0.6) is 0 Å². The molecule has 2 aliphatic rings. The molecule has 188 valence electrons. The highest BCUT2D eigenvalue weighted by Gasteiger charge is 2.28. The molecule has 1 amide bonds. The van der Waals surface area contributed by atoms with E-state index in [2.05, 4.69) is 53.2 Å². The van der Waals surface area contributed by atoms with E-state index in [9.17, 15) is 14.9 Å². The topological polar surface area (TPSA) is 82.0 Å². The van der Waals surface area contributed by atoms with Gasteiger partial charge in [-0.1, -0.05) is 24.3 Å². The first-order chi connectivity index (χ1) is 16.9. The predicted octanol–water partition coefficient (Wildman–Crippen LogP) is 3.84. The fourth-order valence-electron chi connectivity index (χ4n) is 5.13. The van der Waals surface area contributed by atoms with Crippen LogP contribution in [0, 0.1) is 23.0 Å². The van der Waals surface area contributed by atoms with E-state index < -0.39 is 0 Å². The Kier molecular flexibility index (Phi) is 8.23. The fraction of sp³-hybridized carbons (Fsp3) is 0.519. The summed E-state index contributed by atoms with van der Waals surface area (Å²) in [7, 11) is 0. The summed E-state index contributed by atoms with van der Waals surface area (Å²) in [5.74, 6) is 0.0818. The van der Waals surface area contributed by atoms with E-state index in [1.165, 1.54) is 17.3 Å². The Morgan fingerprint density at radius 1 is 1.03 bits per heavy atom. The summed E-state index contributed by atoms with van der Waals surface area (Å²) < 4.78 is 0. The van der Waals surface area contributed by atoms with Gasteiger partial charge in [0.25, 0.3) is 5.69 Å². The molecule has 2 fully saturated rings. The van der Waals surface area contributed by atoms with Gasteiger partial charge in [0.1, 0.15) is 5.69 Å². The van der Waals surface area contributed by atoms with Gasteiger partial charge in [0.2, 0.25) is 5.91 Å². The molecule has 2 aliphatic heterocycles. The molecule has 0 aliphatic carbocycles. The largest absolute Gasteiger partial charge is 0.369 e. The molecule has 2 aromatic rings. The average Bonchev–Trinajstić information content (AvgIpc) is 2.88. The minimum atomic E-state index is -0.335. The average molecular weight is 480 g/mol. The van der Waals surface area contributed by atoms with E-state index in [0.717, 1.165) is 39.1 Å². The Labute approximate surface area is 208 Å². The number of hydrogen-bond donors (Lipinski definition) is 1. The molecule has 8 nitrogen and oxygen atoms in total. The van der Waals surface area contributed by atoms with Gasteiger partial charge in [-0.2, -0.15) is 0 Å². The first-order valence-electron chi connectivity index (χ1n) is 12.7. The van der Waals surface area contributed by atoms with Crippen LogP contribution in [0.15, 0.2) is 48.5 Å². The van der Waals surface area contributed by atoms with Crippen LogP contribution in [0.4, 0.5) is 17.1 Å². The molecule has 4 rings (SSSR count). The molecule has 0 saturated carbocycles. The molecule has 1 N–H and O–H groups in total. The van der Waals surface area contributed by atoms with Crippen molar-refractivity contribution >= 4 is 23.0 Å². The number of carbonyl (C=O) groups is 1. The quantitative estimate of drug-likeness (QED) is 0.458. The minimum absolute atomic E-state index is 0.0330. The zero-order valence-electron chi connectivity index (χ0n) is 20.9. The van der Waals surface area contributed by atoms with E-state index in [4.69, 9.17) is 0 Å². The molecule has 8 heteroatoms. The first kappa shape index (κ1) is 25.0. The van der Waals surface area contributed by atoms with Gasteiger partial charge in [0.15, 0.2) is 0 Å². The lowest BCUT2D eigenvalue weighted by atomic mass is 9.95. The minimum Gasteiger partial charge on any atom is -0.369 e. The van der Waals surface area contributed by atoms with E-state index >= 15 is 0 Å². The van der Waals surface area contributed by atoms with Crippen molar-refractivity contribution in [1.82, 2.24) is 10.2 Å². The summed E-state index contributed by atoms with van der Waals surface area (Å²) in [4.78, 5) is 30.8. The Hall–Kier alpha value is -3.13. The third kappa shape index (κ3) is 6.51. The number of amides is 1. The number of anilines is 2. The number of aryl methyl sites for hydroxylation is 1. The van der Waals surface area contributed by atoms with Crippen LogP contribution in [0.25, 0.3) is 0 Å². The van der Waals surface area contributed by atoms with Gasteiger partial charge < -0.3 is 15.1 Å². The van der Waals surface area contributed by atoms with E-state index in [1.807, 2.05) is 11.0 Å². The third-order valence-electron chi connectivity index (χ3n) is 7.29. The number of carbonyl (C=O) groups excluding carboxylic acids is 1. The maximum Gasteiger partial charge on any atom is 0.292 e. The Morgan fingerprint density at radius 3 is 2.43 bits per heavy atom. The van der Waals surface area contributed by atoms with Crippen molar-refractivity contribution in [2.45, 2.75) is 39.2 Å². The molecule has 1 unspecified atom stereocenters. The lowest BCUT2D eigenvalue weighted by molar-refractivity contribution is -0.384. The molecule has 0 bridgehead atoms. The molecule has 0 radical (unpaired) electrons. The van der Waals surface area contributed by atoms with Crippen LogP contribution in [0.3, 0.4) is 0 Å². The smallest absolute Gasteiger partial charge is 0.292 e. The number of nitrogens with zero attached hydrogens (tertiary/aromatic N) is 4. The van der Waals surface area contributed by atoms with Gasteiger partial charge in [0, 0.05) is 69.5 Å². The summed E-state index contributed by atoms with van der Waals surface area (Å²) >= 11 is 0. The maximum atomic E-state index is 12.8. The molecule has 0 spiro atoms. The van der Waals surface area contributed by atoms with Crippen molar-refractivity contribution in [1.29, 1.82) is 0 Å². The van der Waals surface area contributed by atoms with Crippen LogP contribution < -0.4 is 15.1 Å². The van der Waals surface area contributed by atoms with Crippen molar-refractivity contribution in [3.63, 3.8) is 0 Å². The molecule has 1 atom stereocenters. The van der Waals surface area contributed by atoms with Gasteiger partial charge in [0.05, 0.1) is 4.92 Å². The number of piperazine rings is 1. The summed E-state index contributed by atoms with van der Waals surface area (Å²) in [6.07, 6.45) is 2.36. The summed E-state index contributed by atoms with van der Waals surface area (Å²) in [5.41, 5.74) is 3.37. The molecule has 35 heavy (non-hydrogen) atoms. The van der Waals surface area contributed by atoms with Gasteiger partial charge in [-0.05, 0) is 56.9 Å². The number of nitrogens with one attached hydrogen (secondary N) is 1. The van der Waals surface area contributed by atoms with Crippen molar-refractivity contribution in [3.05, 3.63) is 64.2 Å². The highest BCUT2D eigenvalue weighted by molar-refractivity contribution is 5.79. The lowest BCUT2D eigenvalue weighted by Gasteiger charge is -2.37. The predicted molar refractivity (Wildman–Crippen MR) is 140 cm³/mol. The van der Waals surface area contributed by atoms with Crippen LogP contribution in [0.2, 0.25) is 0 Å². The Balaban J connectivity index is 1.17. The van der Waals surface area contributed by atoms with Crippen molar-refractivity contribution in [3.8, 4) is 0 Å². The summed E-state index contributed by atoms with van der Waals surface area (Å²) in [5, 5.41) is 14.5. The second kappa shape index (κ2) is 11.5. The summed E-state index contributed by atoms with van der Waals surface area (Å²) in [6, 6.07) is 15.7. The van der Waals surface area contributed by atoms with E-state index in [1.54, 1.807) is 12.1 Å². The van der Waals surface area contributed by atoms with Crippen LogP contribution in [-0.2, 0) is 4.79 Å². The molecule has 2 saturated heterocycles. The molecule has 2 aromatic carbocycles. The normalized spacial score (nSPS) is 18.3. The summed E-state index contributed by atoms with van der Waals surface area (Å²) in [6.45, 7) is 10.7. The highest BCUT2D eigenvalue weighted by atomic mass is 16.6. The molecular weight excluding hydrogens is 442 g/mol. The maximum absolute atomic E-state index is 12.8. The van der Waals surface area contributed by atoms with Gasteiger partial charge >= 0.3 is 0 Å². The fourth-order valence-corrected chi connectivity index (χ4v) is 5.13. The number of benzene rings is 2. The van der Waals surface area contributed by atoms with Gasteiger partial charge in [-0.3, -0.25) is 19.8 Å². The Morgan fingerprint density at radius 2 is 1.74 bits per heavy atom. The zero-order chi connectivity index (χ0) is 24.8. The van der Waals surface area contributed by atoms with Gasteiger partial charge in [-0.25, -0.2) is 0 Å². The second-order valence-corrected chi connectivity index (χ2v) is 9.87. The van der Waals surface area contributed by atoms with Crippen LogP contribution in [0.1, 0.15) is 31.7 Å². The SMILES string of the molecule is Cc1cccc(N2CCN(CCC(C)NC(=O)C3CCN(c4ccccc4[N+](=O)[O-])CC3)CC2)c1. The van der Waals surface area contributed by atoms with Crippen LogP contribution in [-0.4, -0.2) is 67.6 Å². The van der Waals surface area contributed by atoms with Crippen molar-refractivity contribution in [2.24, 2.45) is 5.92 Å². The molecule has 0 aromatic heterocycles. The number of piperidine rings is 1. The van der Waals surface area contributed by atoms with Crippen molar-refractivity contribution in [2.75, 3.05) is 55.6 Å². The monoisotopic (exact) mass is 479 g/mol. The van der Waals surface area contributed by atoms with E-state index in [-0.39, 0.29) is 28.5 Å². The number of rotatable bonds is 8.